The molecule has 18 heavy (non-hydrogen) atoms. The Morgan fingerprint density at radius 3 is 2.56 bits per heavy atom. The summed E-state index contributed by atoms with van der Waals surface area (Å²) in [5.41, 5.74) is 0. The summed E-state index contributed by atoms with van der Waals surface area (Å²) in [7, 11) is 0. The fourth-order valence-corrected chi connectivity index (χ4v) is 1.78. The Hall–Kier alpha value is -1.43. The summed E-state index contributed by atoms with van der Waals surface area (Å²) in [6.45, 7) is 6.73. The first kappa shape index (κ1) is 14.6. The van der Waals surface area contributed by atoms with E-state index in [1.54, 1.807) is 6.92 Å². The van der Waals surface area contributed by atoms with E-state index in [0.29, 0.717) is 19.1 Å². The highest BCUT2D eigenvalue weighted by Crippen LogP contribution is 2.17. The van der Waals surface area contributed by atoms with Crippen molar-refractivity contribution in [3.8, 4) is 0 Å². The van der Waals surface area contributed by atoms with Gasteiger partial charge in [-0.25, -0.2) is 0 Å². The number of carbonyl (C=O) groups is 3. The molecule has 0 radical (unpaired) electrons. The number of hydrogen-bond acceptors (Lipinski definition) is 4. The molecular weight excluding hydrogens is 234 g/mol. The van der Waals surface area contributed by atoms with E-state index in [9.17, 15) is 14.4 Å². The molecule has 1 unspecified atom stereocenters. The Morgan fingerprint density at radius 2 is 2.06 bits per heavy atom. The third-order valence-corrected chi connectivity index (χ3v) is 2.77. The van der Waals surface area contributed by atoms with E-state index in [2.05, 4.69) is 10.6 Å². The van der Waals surface area contributed by atoms with Crippen molar-refractivity contribution in [2.45, 2.75) is 33.2 Å². The monoisotopic (exact) mass is 255 g/mol. The quantitative estimate of drug-likeness (QED) is 0.495. The van der Waals surface area contributed by atoms with Crippen molar-refractivity contribution < 1.29 is 14.4 Å². The van der Waals surface area contributed by atoms with Crippen molar-refractivity contribution in [2.75, 3.05) is 19.6 Å². The molecule has 1 saturated heterocycles. The predicted octanol–water partition coefficient (Wildman–Crippen LogP) is -0.504. The molecule has 0 aromatic rings. The van der Waals surface area contributed by atoms with Gasteiger partial charge in [0.15, 0.2) is 0 Å². The first-order valence-electron chi connectivity index (χ1n) is 6.26. The average Bonchev–Trinajstić information content (AvgIpc) is 2.51. The van der Waals surface area contributed by atoms with Crippen molar-refractivity contribution in [1.29, 1.82) is 0 Å². The van der Waals surface area contributed by atoms with Gasteiger partial charge in [-0.05, 0) is 0 Å². The molecule has 0 bridgehead atoms. The Bertz CT molecular complexity index is 341. The van der Waals surface area contributed by atoms with Gasteiger partial charge in [0.25, 0.3) is 0 Å². The van der Waals surface area contributed by atoms with Gasteiger partial charge in [0.05, 0.1) is 0 Å². The first-order chi connectivity index (χ1) is 8.41. The summed E-state index contributed by atoms with van der Waals surface area (Å²) in [5.74, 6) is -1.11. The standard InChI is InChI=1S/C12H21N3O3/c1-8(2)13-4-5-14-10(16)7-15-11(17)6-9(3)12(15)18/h8-9,13H,4-7H2,1-3H3,(H,14,16). The van der Waals surface area contributed by atoms with Crippen molar-refractivity contribution in [2.24, 2.45) is 5.92 Å². The zero-order chi connectivity index (χ0) is 13.7. The molecule has 0 spiro atoms. The molecule has 0 saturated carbocycles. The summed E-state index contributed by atoms with van der Waals surface area (Å²) >= 11 is 0. The lowest BCUT2D eigenvalue weighted by Crippen LogP contribution is -2.42. The van der Waals surface area contributed by atoms with E-state index < -0.39 is 0 Å². The highest BCUT2D eigenvalue weighted by molar-refractivity contribution is 6.05. The SMILES string of the molecule is CC(C)NCCNC(=O)CN1C(=O)CC(C)C1=O. The molecule has 1 fully saturated rings. The number of likely N-dealkylation sites (tertiary alicyclic amines) is 1. The van der Waals surface area contributed by atoms with Crippen LogP contribution in [0.3, 0.4) is 0 Å². The fraction of sp³-hybridized carbons (Fsp3) is 0.750. The van der Waals surface area contributed by atoms with Gasteiger partial charge in [-0.1, -0.05) is 20.8 Å². The van der Waals surface area contributed by atoms with Crippen molar-refractivity contribution in [3.63, 3.8) is 0 Å². The molecule has 1 rings (SSSR count). The van der Waals surface area contributed by atoms with Gasteiger partial charge in [0, 0.05) is 31.5 Å². The molecule has 6 heteroatoms. The highest BCUT2D eigenvalue weighted by Gasteiger charge is 2.36. The normalized spacial score (nSPS) is 19.8. The lowest BCUT2D eigenvalue weighted by molar-refractivity contribution is -0.143. The largest absolute Gasteiger partial charge is 0.353 e. The van der Waals surface area contributed by atoms with Gasteiger partial charge in [0.1, 0.15) is 6.54 Å². The second-order valence-corrected chi connectivity index (χ2v) is 4.88. The van der Waals surface area contributed by atoms with Crippen LogP contribution in [0.1, 0.15) is 27.2 Å². The van der Waals surface area contributed by atoms with Crippen molar-refractivity contribution in [3.05, 3.63) is 0 Å². The number of nitrogens with zero attached hydrogens (tertiary/aromatic N) is 1. The molecule has 6 nitrogen and oxygen atoms in total. The number of hydrogen-bond donors (Lipinski definition) is 2. The maximum atomic E-state index is 11.6. The molecule has 3 amide bonds. The van der Waals surface area contributed by atoms with E-state index in [0.717, 1.165) is 4.90 Å². The zero-order valence-corrected chi connectivity index (χ0v) is 11.2. The minimum atomic E-state index is -0.298. The topological polar surface area (TPSA) is 78.5 Å². The Kier molecular flexibility index (Phi) is 5.27. The molecule has 1 atom stereocenters. The van der Waals surface area contributed by atoms with Gasteiger partial charge >= 0.3 is 0 Å². The number of imide groups is 1. The summed E-state index contributed by atoms with van der Waals surface area (Å²) in [6, 6.07) is 0.365. The molecular formula is C12H21N3O3. The van der Waals surface area contributed by atoms with Crippen LogP contribution in [0.25, 0.3) is 0 Å². The fourth-order valence-electron chi connectivity index (χ4n) is 1.78. The maximum Gasteiger partial charge on any atom is 0.240 e. The summed E-state index contributed by atoms with van der Waals surface area (Å²) in [4.78, 5) is 35.6. The zero-order valence-electron chi connectivity index (χ0n) is 11.2. The Labute approximate surface area is 107 Å². The van der Waals surface area contributed by atoms with Crippen molar-refractivity contribution >= 4 is 17.7 Å². The number of amides is 3. The average molecular weight is 255 g/mol. The third-order valence-electron chi connectivity index (χ3n) is 2.77. The predicted molar refractivity (Wildman–Crippen MR) is 66.6 cm³/mol. The maximum absolute atomic E-state index is 11.6. The first-order valence-corrected chi connectivity index (χ1v) is 6.26. The molecule has 2 N–H and O–H groups in total. The summed E-state index contributed by atoms with van der Waals surface area (Å²) < 4.78 is 0. The third kappa shape index (κ3) is 4.10. The Morgan fingerprint density at radius 1 is 1.39 bits per heavy atom. The molecule has 102 valence electrons. The molecule has 1 aliphatic rings. The van der Waals surface area contributed by atoms with Gasteiger partial charge in [-0.3, -0.25) is 19.3 Å². The molecule has 0 aromatic carbocycles. The van der Waals surface area contributed by atoms with Gasteiger partial charge < -0.3 is 10.6 Å². The van der Waals surface area contributed by atoms with Gasteiger partial charge in [-0.2, -0.15) is 0 Å². The lowest BCUT2D eigenvalue weighted by Gasteiger charge is -2.14. The Balaban J connectivity index is 2.28. The van der Waals surface area contributed by atoms with E-state index in [-0.39, 0.29) is 36.6 Å². The summed E-state index contributed by atoms with van der Waals surface area (Å²) in [5, 5.41) is 5.83. The van der Waals surface area contributed by atoms with Crippen LogP contribution in [0, 0.1) is 5.92 Å². The number of nitrogens with one attached hydrogen (secondary N) is 2. The van der Waals surface area contributed by atoms with Crippen LogP contribution in [-0.4, -0.2) is 48.3 Å². The number of rotatable bonds is 6. The lowest BCUT2D eigenvalue weighted by atomic mass is 10.1. The summed E-state index contributed by atoms with van der Waals surface area (Å²) in [6.07, 6.45) is 0.209. The van der Waals surface area contributed by atoms with Crippen molar-refractivity contribution in [1.82, 2.24) is 15.5 Å². The highest BCUT2D eigenvalue weighted by atomic mass is 16.2. The van der Waals surface area contributed by atoms with Gasteiger partial charge in [0.2, 0.25) is 17.7 Å². The van der Waals surface area contributed by atoms with Crippen LogP contribution in [0.5, 0.6) is 0 Å². The van der Waals surface area contributed by atoms with E-state index >= 15 is 0 Å². The second-order valence-electron chi connectivity index (χ2n) is 4.88. The molecule has 1 aliphatic heterocycles. The smallest absolute Gasteiger partial charge is 0.240 e. The number of carbonyl (C=O) groups excluding carboxylic acids is 3. The van der Waals surface area contributed by atoms with Crippen LogP contribution < -0.4 is 10.6 Å². The van der Waals surface area contributed by atoms with E-state index in [4.69, 9.17) is 0 Å². The molecule has 0 aromatic heterocycles. The minimum absolute atomic E-state index is 0.163. The van der Waals surface area contributed by atoms with Gasteiger partial charge in [-0.15, -0.1) is 0 Å². The van der Waals surface area contributed by atoms with E-state index in [1.165, 1.54) is 0 Å². The van der Waals surface area contributed by atoms with Crippen LogP contribution >= 0.6 is 0 Å². The minimum Gasteiger partial charge on any atom is -0.353 e. The molecule has 0 aliphatic carbocycles. The second kappa shape index (κ2) is 6.49. The van der Waals surface area contributed by atoms with Crippen LogP contribution in [0.4, 0.5) is 0 Å². The van der Waals surface area contributed by atoms with E-state index in [1.807, 2.05) is 13.8 Å². The van der Waals surface area contributed by atoms with Crippen LogP contribution in [0.2, 0.25) is 0 Å². The van der Waals surface area contributed by atoms with Crippen LogP contribution in [0.15, 0.2) is 0 Å². The molecule has 1 heterocycles. The van der Waals surface area contributed by atoms with Crippen LogP contribution in [-0.2, 0) is 14.4 Å².